The molecule has 3 heterocycles. The first-order valence-electron chi connectivity index (χ1n) is 13.4. The van der Waals surface area contributed by atoms with Crippen LogP contribution in [0.15, 0.2) is 60.7 Å². The second-order valence-corrected chi connectivity index (χ2v) is 10.6. The summed E-state index contributed by atoms with van der Waals surface area (Å²) in [6, 6.07) is 17.5. The van der Waals surface area contributed by atoms with E-state index in [0.29, 0.717) is 29.4 Å². The molecule has 40 heavy (non-hydrogen) atoms. The number of anilines is 1. The number of rotatable bonds is 9. The van der Waals surface area contributed by atoms with Crippen molar-refractivity contribution in [2.75, 3.05) is 37.7 Å². The summed E-state index contributed by atoms with van der Waals surface area (Å²) in [5.74, 6) is 0.291. The molecule has 2 aliphatic rings. The van der Waals surface area contributed by atoms with Crippen LogP contribution >= 0.6 is 11.6 Å². The molecular formula is C30H30ClFN4O4. The van der Waals surface area contributed by atoms with Crippen LogP contribution in [0.1, 0.15) is 28.2 Å². The van der Waals surface area contributed by atoms with Crippen molar-refractivity contribution in [1.82, 2.24) is 14.5 Å². The van der Waals surface area contributed by atoms with E-state index >= 15 is 0 Å². The number of fused-ring (bicyclic) bond motifs is 1. The first kappa shape index (κ1) is 26.6. The maximum atomic E-state index is 14.3. The zero-order chi connectivity index (χ0) is 27.6. The molecule has 0 radical (unpaired) electrons. The van der Waals surface area contributed by atoms with Crippen LogP contribution in [0.4, 0.5) is 10.1 Å². The van der Waals surface area contributed by atoms with E-state index in [2.05, 4.69) is 14.4 Å². The normalized spacial score (nSPS) is 17.6. The highest BCUT2D eigenvalue weighted by atomic mass is 35.5. The minimum absolute atomic E-state index is 0.116. The molecule has 1 aromatic heterocycles. The van der Waals surface area contributed by atoms with E-state index in [1.807, 2.05) is 24.3 Å². The molecule has 0 unspecified atom stereocenters. The minimum atomic E-state index is -0.949. The Morgan fingerprint density at radius 1 is 1.10 bits per heavy atom. The highest BCUT2D eigenvalue weighted by Crippen LogP contribution is 2.31. The Balaban J connectivity index is 1.14. The first-order valence-corrected chi connectivity index (χ1v) is 13.8. The fourth-order valence-electron chi connectivity index (χ4n) is 5.24. The van der Waals surface area contributed by atoms with Crippen LogP contribution < -0.4 is 9.64 Å². The molecule has 1 atom stereocenters. The lowest BCUT2D eigenvalue weighted by atomic mass is 10.1. The van der Waals surface area contributed by atoms with E-state index in [-0.39, 0.29) is 24.1 Å². The molecular weight excluding hydrogens is 535 g/mol. The summed E-state index contributed by atoms with van der Waals surface area (Å²) < 4.78 is 28.1. The second-order valence-electron chi connectivity index (χ2n) is 10.2. The number of para-hydroxylation sites is 2. The molecule has 6 rings (SSSR count). The molecule has 0 bridgehead atoms. The quantitative estimate of drug-likeness (QED) is 0.299. The van der Waals surface area contributed by atoms with Gasteiger partial charge < -0.3 is 24.0 Å². The van der Waals surface area contributed by atoms with Gasteiger partial charge in [-0.15, -0.1) is 0 Å². The lowest BCUT2D eigenvalue weighted by Gasteiger charge is -2.36. The molecule has 2 saturated heterocycles. The lowest BCUT2D eigenvalue weighted by molar-refractivity contribution is -0.0592. The average Bonchev–Trinajstić information content (AvgIpc) is 3.26. The number of halogens is 2. The van der Waals surface area contributed by atoms with Crippen molar-refractivity contribution in [3.8, 4) is 5.75 Å². The van der Waals surface area contributed by atoms with Crippen LogP contribution in [0, 0.1) is 5.82 Å². The predicted octanol–water partition coefficient (Wildman–Crippen LogP) is 5.22. The van der Waals surface area contributed by atoms with Gasteiger partial charge in [-0.3, -0.25) is 4.90 Å². The Kier molecular flexibility index (Phi) is 7.60. The maximum absolute atomic E-state index is 14.3. The number of benzene rings is 3. The third-order valence-corrected chi connectivity index (χ3v) is 7.83. The van der Waals surface area contributed by atoms with Gasteiger partial charge in [0.15, 0.2) is 0 Å². The Morgan fingerprint density at radius 2 is 1.90 bits per heavy atom. The maximum Gasteiger partial charge on any atom is 0.335 e. The molecule has 0 spiro atoms. The molecule has 10 heteroatoms. The van der Waals surface area contributed by atoms with Gasteiger partial charge in [0, 0.05) is 43.4 Å². The summed E-state index contributed by atoms with van der Waals surface area (Å²) in [5, 5.41) is 9.85. The number of nitrogens with zero attached hydrogens (tertiary/aromatic N) is 4. The van der Waals surface area contributed by atoms with Crippen molar-refractivity contribution in [2.24, 2.45) is 0 Å². The Morgan fingerprint density at radius 3 is 2.62 bits per heavy atom. The molecule has 0 aliphatic carbocycles. The number of ether oxygens (including phenoxy) is 2. The van der Waals surface area contributed by atoms with Gasteiger partial charge in [-0.25, -0.2) is 14.2 Å². The minimum Gasteiger partial charge on any atom is -0.487 e. The van der Waals surface area contributed by atoms with E-state index in [1.165, 1.54) is 6.07 Å². The molecule has 208 valence electrons. The van der Waals surface area contributed by atoms with Crippen LogP contribution in [0.3, 0.4) is 0 Å². The fraction of sp³-hybridized carbons (Fsp3) is 0.333. The number of aromatic carboxylic acids is 1. The Labute approximate surface area is 236 Å². The van der Waals surface area contributed by atoms with Crippen molar-refractivity contribution in [3.05, 3.63) is 88.5 Å². The van der Waals surface area contributed by atoms with E-state index in [4.69, 9.17) is 26.1 Å². The van der Waals surface area contributed by atoms with Crippen LogP contribution in [0.5, 0.6) is 5.75 Å². The molecule has 0 amide bonds. The number of aromatic nitrogens is 2. The number of carboxylic acid groups (broad SMARTS) is 1. The third kappa shape index (κ3) is 5.63. The SMILES string of the molecule is O=C(O)c1ccc2nc(CN3CCN(c4ccccc4OCc4ccc(Cl)cc4F)CC3)n(C[C@@H]3CCO3)c2c1. The van der Waals surface area contributed by atoms with E-state index < -0.39 is 5.97 Å². The zero-order valence-electron chi connectivity index (χ0n) is 21.9. The second kappa shape index (κ2) is 11.4. The summed E-state index contributed by atoms with van der Waals surface area (Å²) in [6.45, 7) is 5.43. The molecule has 4 aromatic rings. The monoisotopic (exact) mass is 564 g/mol. The lowest BCUT2D eigenvalue weighted by Crippen LogP contribution is -2.46. The third-order valence-electron chi connectivity index (χ3n) is 7.60. The summed E-state index contributed by atoms with van der Waals surface area (Å²) in [6.07, 6.45) is 1.11. The molecule has 1 N–H and O–H groups in total. The molecule has 0 saturated carbocycles. The van der Waals surface area contributed by atoms with Crippen LogP contribution in [0.25, 0.3) is 11.0 Å². The highest BCUT2D eigenvalue weighted by Gasteiger charge is 2.25. The zero-order valence-corrected chi connectivity index (χ0v) is 22.7. The molecule has 2 fully saturated rings. The van der Waals surface area contributed by atoms with Crippen LogP contribution in [0.2, 0.25) is 5.02 Å². The number of hydrogen-bond donors (Lipinski definition) is 1. The van der Waals surface area contributed by atoms with Crippen molar-refractivity contribution in [1.29, 1.82) is 0 Å². The van der Waals surface area contributed by atoms with Crippen LogP contribution in [-0.2, 0) is 24.4 Å². The first-order chi connectivity index (χ1) is 19.4. The van der Waals surface area contributed by atoms with Crippen LogP contribution in [-0.4, -0.2) is 64.4 Å². The van der Waals surface area contributed by atoms with E-state index in [9.17, 15) is 14.3 Å². The van der Waals surface area contributed by atoms with Gasteiger partial charge in [-0.05, 0) is 48.9 Å². The predicted molar refractivity (Wildman–Crippen MR) is 151 cm³/mol. The fourth-order valence-corrected chi connectivity index (χ4v) is 5.40. The summed E-state index contributed by atoms with van der Waals surface area (Å²) in [7, 11) is 0. The molecule has 3 aromatic carbocycles. The number of carbonyl (C=O) groups is 1. The van der Waals surface area contributed by atoms with Crippen molar-refractivity contribution >= 4 is 34.3 Å². The van der Waals surface area contributed by atoms with Gasteiger partial charge in [-0.2, -0.15) is 0 Å². The van der Waals surface area contributed by atoms with Gasteiger partial charge in [0.1, 0.15) is 24.0 Å². The summed E-state index contributed by atoms with van der Waals surface area (Å²) >= 11 is 5.88. The topological polar surface area (TPSA) is 80.1 Å². The number of piperazine rings is 1. The number of carboxylic acids is 1. The largest absolute Gasteiger partial charge is 0.487 e. The van der Waals surface area contributed by atoms with Crippen molar-refractivity contribution < 1.29 is 23.8 Å². The van der Waals surface area contributed by atoms with Gasteiger partial charge in [-0.1, -0.05) is 29.8 Å². The summed E-state index contributed by atoms with van der Waals surface area (Å²) in [4.78, 5) is 21.1. The molecule has 8 nitrogen and oxygen atoms in total. The Hall–Kier alpha value is -3.66. The number of hydrogen-bond acceptors (Lipinski definition) is 6. The van der Waals surface area contributed by atoms with E-state index in [0.717, 1.165) is 61.8 Å². The summed E-state index contributed by atoms with van der Waals surface area (Å²) in [5.41, 5.74) is 3.30. The van der Waals surface area contributed by atoms with Crippen molar-refractivity contribution in [2.45, 2.75) is 32.2 Å². The van der Waals surface area contributed by atoms with Gasteiger partial charge in [0.2, 0.25) is 0 Å². The Bertz CT molecular complexity index is 1530. The van der Waals surface area contributed by atoms with E-state index in [1.54, 1.807) is 30.3 Å². The van der Waals surface area contributed by atoms with Gasteiger partial charge in [0.25, 0.3) is 0 Å². The molecule has 2 aliphatic heterocycles. The smallest absolute Gasteiger partial charge is 0.335 e. The van der Waals surface area contributed by atoms with Crippen molar-refractivity contribution in [3.63, 3.8) is 0 Å². The highest BCUT2D eigenvalue weighted by molar-refractivity contribution is 6.30. The van der Waals surface area contributed by atoms with Gasteiger partial charge >= 0.3 is 5.97 Å². The standard InChI is InChI=1S/C30H30ClFN4O4/c31-22-7-5-21(24(32)16-22)19-40-28-4-2-1-3-26(28)35-12-10-34(11-13-35)18-29-33-25-8-6-20(30(37)38)15-27(25)36(29)17-23-9-14-39-23/h1-8,15-16,23H,9-14,17-19H2,(H,37,38)/t23-/m0/s1. The number of imidazole rings is 1. The van der Waals surface area contributed by atoms with Gasteiger partial charge in [0.05, 0.1) is 41.5 Å². The average molecular weight is 565 g/mol.